The second kappa shape index (κ2) is 17.4. The Balaban J connectivity index is 0. The third kappa shape index (κ3) is 27.5. The molecular formula is C5H12O2. The number of methoxy groups -OCH3 is 1. The Hall–Kier alpha value is -0.340. The van der Waals surface area contributed by atoms with Crippen LogP contribution in [0.15, 0.2) is 13.2 Å². The van der Waals surface area contributed by atoms with Crippen molar-refractivity contribution in [3.8, 4) is 0 Å². The van der Waals surface area contributed by atoms with Crippen LogP contribution in [0.25, 0.3) is 0 Å². The predicted octanol–water partition coefficient (Wildman–Crippen LogP) is 0.427. The van der Waals surface area contributed by atoms with E-state index in [9.17, 15) is 0 Å². The van der Waals surface area contributed by atoms with Crippen molar-refractivity contribution in [3.05, 3.63) is 13.2 Å². The lowest BCUT2D eigenvalue weighted by Crippen LogP contribution is -1.91. The number of aliphatic hydroxyl groups is 1. The maximum Gasteiger partial charge on any atom is 0.0693 e. The number of rotatable bonds is 2. The van der Waals surface area contributed by atoms with E-state index in [2.05, 4.69) is 17.9 Å². The molecule has 0 spiro atoms. The van der Waals surface area contributed by atoms with Gasteiger partial charge in [0.05, 0.1) is 13.2 Å². The third-order valence-electron chi connectivity index (χ3n) is 0.295. The molecule has 0 atom stereocenters. The molecule has 0 aromatic heterocycles. The second-order valence-electron chi connectivity index (χ2n) is 0.716. The Kier molecular flexibility index (Phi) is 24.4. The molecule has 0 aliphatic carbocycles. The molecule has 0 aromatic carbocycles. The average molecular weight is 104 g/mol. The van der Waals surface area contributed by atoms with Gasteiger partial charge in [0.25, 0.3) is 0 Å². The predicted molar refractivity (Wildman–Crippen MR) is 30.2 cm³/mol. The molecular weight excluding hydrogens is 92.1 g/mol. The Morgan fingerprint density at radius 3 is 2.00 bits per heavy atom. The van der Waals surface area contributed by atoms with Crippen molar-refractivity contribution in [2.75, 3.05) is 20.3 Å². The van der Waals surface area contributed by atoms with E-state index in [0.29, 0.717) is 6.61 Å². The summed E-state index contributed by atoms with van der Waals surface area (Å²) in [6.07, 6.45) is 0. The van der Waals surface area contributed by atoms with Gasteiger partial charge in [0.15, 0.2) is 0 Å². The molecule has 0 radical (unpaired) electrons. The largest absolute Gasteiger partial charge is 0.394 e. The molecule has 0 unspecified atom stereocenters. The number of aliphatic hydroxyl groups excluding tert-OH is 1. The first-order valence-electron chi connectivity index (χ1n) is 2.01. The molecule has 2 heteroatoms. The minimum Gasteiger partial charge on any atom is -0.394 e. The summed E-state index contributed by atoms with van der Waals surface area (Å²) in [5.74, 6) is 0. The van der Waals surface area contributed by atoms with E-state index in [1.165, 1.54) is 0 Å². The first-order valence-corrected chi connectivity index (χ1v) is 2.01. The fraction of sp³-hybridized carbons (Fsp3) is 0.600. The molecule has 7 heavy (non-hydrogen) atoms. The molecule has 0 aromatic rings. The van der Waals surface area contributed by atoms with Crippen LogP contribution in [0.2, 0.25) is 0 Å². The maximum atomic E-state index is 7.94. The quantitative estimate of drug-likeness (QED) is 0.515. The van der Waals surface area contributed by atoms with Gasteiger partial charge in [-0.1, -0.05) is 0 Å². The summed E-state index contributed by atoms with van der Waals surface area (Å²) in [7, 11) is 1.55. The van der Waals surface area contributed by atoms with Crippen molar-refractivity contribution in [2.45, 2.75) is 0 Å². The molecule has 0 amide bonds. The second-order valence-corrected chi connectivity index (χ2v) is 0.716. The highest BCUT2D eigenvalue weighted by molar-refractivity contribution is 4.22. The monoisotopic (exact) mass is 104 g/mol. The summed E-state index contributed by atoms with van der Waals surface area (Å²) in [5.41, 5.74) is 0. The fourth-order valence-electron chi connectivity index (χ4n) is 0.0913. The Bertz CT molecular complexity index is 20.0. The lowest BCUT2D eigenvalue weighted by molar-refractivity contribution is 0.135. The van der Waals surface area contributed by atoms with Crippen molar-refractivity contribution in [3.63, 3.8) is 0 Å². The molecule has 0 bridgehead atoms. The van der Waals surface area contributed by atoms with Gasteiger partial charge in [-0.15, -0.1) is 13.2 Å². The molecule has 44 valence electrons. The Morgan fingerprint density at radius 1 is 1.57 bits per heavy atom. The van der Waals surface area contributed by atoms with Crippen molar-refractivity contribution >= 4 is 0 Å². The first-order chi connectivity index (χ1) is 3.41. The Morgan fingerprint density at radius 2 is 2.00 bits per heavy atom. The van der Waals surface area contributed by atoms with E-state index in [4.69, 9.17) is 5.11 Å². The summed E-state index contributed by atoms with van der Waals surface area (Å²) in [6.45, 7) is 6.57. The minimum absolute atomic E-state index is 0.122. The summed E-state index contributed by atoms with van der Waals surface area (Å²) in [5, 5.41) is 7.94. The van der Waals surface area contributed by atoms with Gasteiger partial charge in [-0.3, -0.25) is 0 Å². The molecule has 0 saturated heterocycles. The van der Waals surface area contributed by atoms with Crippen LogP contribution in [-0.2, 0) is 4.74 Å². The number of hydrogen-bond acceptors (Lipinski definition) is 2. The van der Waals surface area contributed by atoms with Crippen molar-refractivity contribution < 1.29 is 9.84 Å². The highest BCUT2D eigenvalue weighted by Gasteiger charge is 1.67. The molecule has 0 heterocycles. The van der Waals surface area contributed by atoms with Crippen LogP contribution in [0.4, 0.5) is 0 Å². The lowest BCUT2D eigenvalue weighted by atomic mass is 10.8. The summed E-state index contributed by atoms with van der Waals surface area (Å²) in [6, 6.07) is 0. The summed E-state index contributed by atoms with van der Waals surface area (Å²) >= 11 is 0. The zero-order chi connectivity index (χ0) is 6.12. The van der Waals surface area contributed by atoms with Gasteiger partial charge in [-0.2, -0.15) is 0 Å². The van der Waals surface area contributed by atoms with Gasteiger partial charge in [-0.05, 0) is 0 Å². The minimum atomic E-state index is 0.122. The van der Waals surface area contributed by atoms with E-state index >= 15 is 0 Å². The normalized spacial score (nSPS) is 6.57. The van der Waals surface area contributed by atoms with Crippen LogP contribution in [0.3, 0.4) is 0 Å². The molecule has 0 rings (SSSR count). The van der Waals surface area contributed by atoms with Gasteiger partial charge in [0.1, 0.15) is 0 Å². The van der Waals surface area contributed by atoms with Gasteiger partial charge < -0.3 is 9.84 Å². The SMILES string of the molecule is C=C.COCCO. The van der Waals surface area contributed by atoms with Crippen LogP contribution in [-0.4, -0.2) is 25.4 Å². The van der Waals surface area contributed by atoms with Crippen LogP contribution >= 0.6 is 0 Å². The van der Waals surface area contributed by atoms with Crippen LogP contribution < -0.4 is 0 Å². The van der Waals surface area contributed by atoms with E-state index in [1.807, 2.05) is 0 Å². The van der Waals surface area contributed by atoms with E-state index in [-0.39, 0.29) is 6.61 Å². The van der Waals surface area contributed by atoms with Gasteiger partial charge in [0, 0.05) is 7.11 Å². The lowest BCUT2D eigenvalue weighted by Gasteiger charge is -1.84. The van der Waals surface area contributed by atoms with Gasteiger partial charge >= 0.3 is 0 Å². The topological polar surface area (TPSA) is 29.5 Å². The molecule has 2 nitrogen and oxygen atoms in total. The molecule has 0 aliphatic rings. The highest BCUT2D eigenvalue weighted by atomic mass is 16.5. The van der Waals surface area contributed by atoms with Crippen LogP contribution in [0, 0.1) is 0 Å². The molecule has 0 fully saturated rings. The number of ether oxygens (including phenoxy) is 1. The maximum absolute atomic E-state index is 7.94. The summed E-state index contributed by atoms with van der Waals surface area (Å²) < 4.78 is 4.44. The van der Waals surface area contributed by atoms with Gasteiger partial charge in [-0.25, -0.2) is 0 Å². The molecule has 1 N–H and O–H groups in total. The zero-order valence-electron chi connectivity index (χ0n) is 4.68. The average Bonchev–Trinajstić information content (AvgIpc) is 1.75. The Labute approximate surface area is 44.4 Å². The zero-order valence-corrected chi connectivity index (χ0v) is 4.68. The van der Waals surface area contributed by atoms with Crippen molar-refractivity contribution in [2.24, 2.45) is 0 Å². The van der Waals surface area contributed by atoms with Gasteiger partial charge in [0.2, 0.25) is 0 Å². The molecule has 0 saturated carbocycles. The smallest absolute Gasteiger partial charge is 0.0693 e. The number of hydrogen-bond donors (Lipinski definition) is 1. The van der Waals surface area contributed by atoms with Crippen molar-refractivity contribution in [1.29, 1.82) is 0 Å². The molecule has 0 aliphatic heterocycles. The van der Waals surface area contributed by atoms with E-state index in [0.717, 1.165) is 0 Å². The van der Waals surface area contributed by atoms with Crippen LogP contribution in [0.1, 0.15) is 0 Å². The highest BCUT2D eigenvalue weighted by Crippen LogP contribution is 1.56. The standard InChI is InChI=1S/C3H8O2.C2H4/c1-5-3-2-4;1-2/h4H,2-3H2,1H3;1-2H2. The first kappa shape index (κ1) is 9.83. The van der Waals surface area contributed by atoms with E-state index < -0.39 is 0 Å². The summed E-state index contributed by atoms with van der Waals surface area (Å²) in [4.78, 5) is 0. The van der Waals surface area contributed by atoms with Crippen LogP contribution in [0.5, 0.6) is 0 Å². The van der Waals surface area contributed by atoms with Crippen molar-refractivity contribution in [1.82, 2.24) is 0 Å². The van der Waals surface area contributed by atoms with E-state index in [1.54, 1.807) is 7.11 Å². The fourth-order valence-corrected chi connectivity index (χ4v) is 0.0913. The third-order valence-corrected chi connectivity index (χ3v) is 0.295.